The summed E-state index contributed by atoms with van der Waals surface area (Å²) in [6, 6.07) is 12.1. The molecule has 0 aliphatic rings. The lowest BCUT2D eigenvalue weighted by molar-refractivity contribution is 0.775. The highest BCUT2D eigenvalue weighted by Gasteiger charge is 2.17. The summed E-state index contributed by atoms with van der Waals surface area (Å²) < 4.78 is 1.85. The minimum Gasteiger partial charge on any atom is -0.360 e. The van der Waals surface area contributed by atoms with Crippen molar-refractivity contribution in [2.24, 2.45) is 0 Å². The van der Waals surface area contributed by atoms with Crippen molar-refractivity contribution in [3.63, 3.8) is 0 Å². The Morgan fingerprint density at radius 2 is 1.85 bits per heavy atom. The molecular weight excluding hydrogens is 326 g/mol. The molecule has 0 aliphatic heterocycles. The van der Waals surface area contributed by atoms with Crippen LogP contribution in [-0.4, -0.2) is 29.8 Å². The average molecular weight is 347 g/mol. The van der Waals surface area contributed by atoms with Crippen molar-refractivity contribution in [2.75, 3.05) is 5.32 Å². The third-order valence-electron chi connectivity index (χ3n) is 4.49. The Morgan fingerprint density at radius 1 is 1.08 bits per heavy atom. The Balaban J connectivity index is 1.83. The second-order valence-corrected chi connectivity index (χ2v) is 6.48. The fourth-order valence-corrected chi connectivity index (χ4v) is 2.93. The maximum atomic E-state index is 4.83. The molecule has 2 N–H and O–H groups in total. The molecule has 0 unspecified atom stereocenters. The molecule has 4 rings (SSSR count). The predicted molar refractivity (Wildman–Crippen MR) is 101 cm³/mol. The van der Waals surface area contributed by atoms with Gasteiger partial charge in [0, 0.05) is 17.2 Å². The largest absolute Gasteiger partial charge is 0.360 e. The summed E-state index contributed by atoms with van der Waals surface area (Å²) in [5, 5.41) is 15.3. The quantitative estimate of drug-likeness (QED) is 0.589. The van der Waals surface area contributed by atoms with Gasteiger partial charge in [0.1, 0.15) is 11.6 Å². The Hall–Kier alpha value is -3.22. The molecule has 0 bridgehead atoms. The first-order valence-corrected chi connectivity index (χ1v) is 8.61. The maximum Gasteiger partial charge on any atom is 0.172 e. The molecule has 3 heterocycles. The van der Waals surface area contributed by atoms with Gasteiger partial charge < -0.3 is 5.32 Å². The van der Waals surface area contributed by atoms with Crippen molar-refractivity contribution in [3.05, 3.63) is 59.3 Å². The zero-order valence-electron chi connectivity index (χ0n) is 15.3. The molecule has 1 aromatic carbocycles. The number of H-pyrrole nitrogens is 1. The highest BCUT2D eigenvalue weighted by molar-refractivity contribution is 5.68. The Bertz CT molecular complexity index is 1060. The number of aryl methyl sites for hydroxylation is 3. The molecule has 1 atom stereocenters. The van der Waals surface area contributed by atoms with Gasteiger partial charge in [0.2, 0.25) is 0 Å². The fourth-order valence-electron chi connectivity index (χ4n) is 2.93. The minimum atomic E-state index is -0.0704. The van der Waals surface area contributed by atoms with Gasteiger partial charge in [0.05, 0.1) is 17.4 Å². The number of fused-ring (bicyclic) bond motifs is 1. The van der Waals surface area contributed by atoms with E-state index in [4.69, 9.17) is 4.98 Å². The minimum absolute atomic E-state index is 0.0704. The maximum absolute atomic E-state index is 4.83. The van der Waals surface area contributed by atoms with Crippen LogP contribution >= 0.6 is 0 Å². The van der Waals surface area contributed by atoms with Gasteiger partial charge in [-0.15, -0.1) is 0 Å². The van der Waals surface area contributed by atoms with E-state index in [1.54, 1.807) is 0 Å². The standard InChI is InChI=1S/C19H21N7/c1-11-12(2)25-26-17(20-13(3)18-21-14(4)23-24-18)10-16(22-19(11)26)15-8-6-5-7-9-15/h5-10,13,20H,1-4H3,(H,21,23,24)/t13-/m1/s1. The van der Waals surface area contributed by atoms with Crippen LogP contribution in [0, 0.1) is 20.8 Å². The topological polar surface area (TPSA) is 83.8 Å². The fraction of sp³-hybridized carbons (Fsp3) is 0.263. The van der Waals surface area contributed by atoms with Crippen LogP contribution in [-0.2, 0) is 0 Å². The highest BCUT2D eigenvalue weighted by Crippen LogP contribution is 2.26. The van der Waals surface area contributed by atoms with Crippen molar-refractivity contribution in [1.82, 2.24) is 29.8 Å². The monoisotopic (exact) mass is 347 g/mol. The van der Waals surface area contributed by atoms with Crippen molar-refractivity contribution >= 4 is 11.5 Å². The molecule has 0 saturated heterocycles. The van der Waals surface area contributed by atoms with Gasteiger partial charge in [-0.25, -0.2) is 9.97 Å². The lowest BCUT2D eigenvalue weighted by atomic mass is 10.1. The first-order valence-electron chi connectivity index (χ1n) is 8.61. The molecule has 3 aromatic heterocycles. The zero-order chi connectivity index (χ0) is 18.3. The number of hydrogen-bond donors (Lipinski definition) is 2. The molecule has 0 amide bonds. The van der Waals surface area contributed by atoms with Crippen molar-refractivity contribution in [2.45, 2.75) is 33.7 Å². The van der Waals surface area contributed by atoms with Crippen LogP contribution in [0.5, 0.6) is 0 Å². The van der Waals surface area contributed by atoms with Crippen molar-refractivity contribution < 1.29 is 0 Å². The van der Waals surface area contributed by atoms with E-state index in [0.29, 0.717) is 5.82 Å². The first kappa shape index (κ1) is 16.3. The van der Waals surface area contributed by atoms with Gasteiger partial charge in [-0.2, -0.15) is 14.7 Å². The number of rotatable bonds is 4. The van der Waals surface area contributed by atoms with Crippen LogP contribution in [0.1, 0.15) is 35.9 Å². The van der Waals surface area contributed by atoms with Crippen molar-refractivity contribution in [1.29, 1.82) is 0 Å². The smallest absolute Gasteiger partial charge is 0.172 e. The number of nitrogens with zero attached hydrogens (tertiary/aromatic N) is 5. The van der Waals surface area contributed by atoms with Gasteiger partial charge in [0.25, 0.3) is 0 Å². The lowest BCUT2D eigenvalue weighted by Crippen LogP contribution is -2.12. The molecule has 0 saturated carbocycles. The number of aromatic nitrogens is 6. The predicted octanol–water partition coefficient (Wildman–Crippen LogP) is 3.61. The molecule has 0 radical (unpaired) electrons. The number of aromatic amines is 1. The van der Waals surface area contributed by atoms with E-state index in [1.807, 2.05) is 56.5 Å². The number of nitrogens with one attached hydrogen (secondary N) is 2. The molecule has 4 aromatic rings. The van der Waals surface area contributed by atoms with Gasteiger partial charge >= 0.3 is 0 Å². The van der Waals surface area contributed by atoms with E-state index in [-0.39, 0.29) is 6.04 Å². The lowest BCUT2D eigenvalue weighted by Gasteiger charge is -2.14. The van der Waals surface area contributed by atoms with Crippen LogP contribution < -0.4 is 5.32 Å². The zero-order valence-corrected chi connectivity index (χ0v) is 15.3. The molecule has 7 nitrogen and oxygen atoms in total. The average Bonchev–Trinajstić information content (AvgIpc) is 3.20. The Labute approximate surface area is 151 Å². The van der Waals surface area contributed by atoms with E-state index in [2.05, 4.69) is 37.7 Å². The highest BCUT2D eigenvalue weighted by atomic mass is 15.3. The van der Waals surface area contributed by atoms with E-state index in [1.165, 1.54) is 0 Å². The third-order valence-corrected chi connectivity index (χ3v) is 4.49. The van der Waals surface area contributed by atoms with E-state index in [9.17, 15) is 0 Å². The molecule has 26 heavy (non-hydrogen) atoms. The van der Waals surface area contributed by atoms with Crippen LogP contribution in [0.4, 0.5) is 5.82 Å². The summed E-state index contributed by atoms with van der Waals surface area (Å²) in [4.78, 5) is 9.25. The summed E-state index contributed by atoms with van der Waals surface area (Å²) in [7, 11) is 0. The van der Waals surface area contributed by atoms with E-state index < -0.39 is 0 Å². The van der Waals surface area contributed by atoms with Gasteiger partial charge in [-0.3, -0.25) is 5.10 Å². The molecule has 132 valence electrons. The molecule has 0 fully saturated rings. The van der Waals surface area contributed by atoms with Crippen LogP contribution in [0.25, 0.3) is 16.9 Å². The molecule has 7 heteroatoms. The Kier molecular flexibility index (Phi) is 3.91. The summed E-state index contributed by atoms with van der Waals surface area (Å²) in [6.07, 6.45) is 0. The van der Waals surface area contributed by atoms with E-state index in [0.717, 1.165) is 39.8 Å². The Morgan fingerprint density at radius 3 is 2.54 bits per heavy atom. The van der Waals surface area contributed by atoms with Crippen LogP contribution in [0.15, 0.2) is 36.4 Å². The second-order valence-electron chi connectivity index (χ2n) is 6.48. The second kappa shape index (κ2) is 6.25. The van der Waals surface area contributed by atoms with Crippen LogP contribution in [0.3, 0.4) is 0 Å². The molecule has 0 aliphatic carbocycles. The van der Waals surface area contributed by atoms with Crippen molar-refractivity contribution in [3.8, 4) is 11.3 Å². The summed E-state index contributed by atoms with van der Waals surface area (Å²) in [5.41, 5.74) is 4.86. The summed E-state index contributed by atoms with van der Waals surface area (Å²) in [6.45, 7) is 7.96. The number of anilines is 1. The van der Waals surface area contributed by atoms with Gasteiger partial charge in [-0.05, 0) is 27.7 Å². The number of hydrogen-bond acceptors (Lipinski definition) is 5. The molecule has 0 spiro atoms. The molecular formula is C19H21N7. The normalized spacial score (nSPS) is 12.5. The van der Waals surface area contributed by atoms with Crippen LogP contribution in [0.2, 0.25) is 0 Å². The SMILES string of the molecule is Cc1nc([C@@H](C)Nc2cc(-c3ccccc3)nc3c(C)c(C)nn23)n[nH]1. The first-order chi connectivity index (χ1) is 12.5. The summed E-state index contributed by atoms with van der Waals surface area (Å²) >= 11 is 0. The number of benzene rings is 1. The van der Waals surface area contributed by atoms with Gasteiger partial charge in [-0.1, -0.05) is 30.3 Å². The summed E-state index contributed by atoms with van der Waals surface area (Å²) in [5.74, 6) is 2.37. The third kappa shape index (κ3) is 2.81. The van der Waals surface area contributed by atoms with Gasteiger partial charge in [0.15, 0.2) is 11.5 Å². The van der Waals surface area contributed by atoms with E-state index >= 15 is 0 Å².